The number of aromatic amines is 1. The number of aliphatic hydroxyl groups is 2. The maximum atomic E-state index is 12.5. The third kappa shape index (κ3) is 6.22. The van der Waals surface area contributed by atoms with E-state index >= 15 is 0 Å². The standard InChI is InChI=1S/C36H54N2O4/c1-6-9-27-22-37-34(38-27)36(18-19-36)32(42-33(41)7-2)16-11-23(3)29-14-15-30-25(10-8-17-35(29,30)5)12-13-26-20-28(39)21-31(40)24(26)4/h12-13,22-23,28-32,39-40H,4,6-11,14-21H2,1-3,5H3,(H,37,38)/b25-12+,26-13-/t23-,28-,29-,30+,31+,32+,35-/m1/s1. The fourth-order valence-corrected chi connectivity index (χ4v) is 8.83. The third-order valence-corrected chi connectivity index (χ3v) is 11.4. The quantitative estimate of drug-likeness (QED) is 0.240. The van der Waals surface area contributed by atoms with Gasteiger partial charge in [-0.15, -0.1) is 0 Å². The highest BCUT2D eigenvalue weighted by atomic mass is 16.5. The molecule has 1 aromatic rings. The molecule has 0 amide bonds. The number of aliphatic hydroxyl groups excluding tert-OH is 2. The van der Waals surface area contributed by atoms with Crippen molar-refractivity contribution >= 4 is 5.97 Å². The highest BCUT2D eigenvalue weighted by Crippen LogP contribution is 2.60. The van der Waals surface area contributed by atoms with Crippen LogP contribution in [0.2, 0.25) is 0 Å². The van der Waals surface area contributed by atoms with E-state index in [0.29, 0.717) is 37.0 Å². The van der Waals surface area contributed by atoms with E-state index in [1.54, 1.807) is 0 Å². The van der Waals surface area contributed by atoms with Gasteiger partial charge in [-0.1, -0.05) is 58.4 Å². The van der Waals surface area contributed by atoms with E-state index < -0.39 is 12.2 Å². The number of ether oxygens (including phenoxy) is 1. The molecule has 4 aliphatic carbocycles. The largest absolute Gasteiger partial charge is 0.461 e. The molecule has 0 bridgehead atoms. The number of esters is 1. The molecule has 3 N–H and O–H groups in total. The predicted molar refractivity (Wildman–Crippen MR) is 167 cm³/mol. The van der Waals surface area contributed by atoms with Crippen LogP contribution in [0.5, 0.6) is 0 Å². The number of allylic oxidation sites excluding steroid dienone is 3. The summed E-state index contributed by atoms with van der Waals surface area (Å²) in [6.45, 7) is 13.1. The van der Waals surface area contributed by atoms with Crippen LogP contribution in [0.25, 0.3) is 0 Å². The fourth-order valence-electron chi connectivity index (χ4n) is 8.83. The Hall–Kier alpha value is -2.18. The number of H-pyrrole nitrogens is 1. The van der Waals surface area contributed by atoms with Crippen molar-refractivity contribution in [3.05, 3.63) is 53.2 Å². The van der Waals surface area contributed by atoms with Gasteiger partial charge in [0.2, 0.25) is 0 Å². The van der Waals surface area contributed by atoms with Crippen LogP contribution in [0.3, 0.4) is 0 Å². The molecule has 0 spiro atoms. The van der Waals surface area contributed by atoms with Gasteiger partial charge in [0.05, 0.1) is 23.3 Å². The molecule has 7 atom stereocenters. The van der Waals surface area contributed by atoms with E-state index in [1.165, 1.54) is 31.3 Å². The molecule has 6 heteroatoms. The molecule has 0 saturated heterocycles. The summed E-state index contributed by atoms with van der Waals surface area (Å²) in [6, 6.07) is 0. The number of aromatic nitrogens is 2. The summed E-state index contributed by atoms with van der Waals surface area (Å²) in [5.74, 6) is 2.67. The Kier molecular flexibility index (Phi) is 9.54. The van der Waals surface area contributed by atoms with E-state index in [-0.39, 0.29) is 22.9 Å². The first-order chi connectivity index (χ1) is 20.1. The average molecular weight is 579 g/mol. The molecule has 0 unspecified atom stereocenters. The van der Waals surface area contributed by atoms with Crippen LogP contribution in [-0.4, -0.2) is 44.5 Å². The highest BCUT2D eigenvalue weighted by molar-refractivity contribution is 5.69. The van der Waals surface area contributed by atoms with Crippen molar-refractivity contribution in [2.24, 2.45) is 23.2 Å². The van der Waals surface area contributed by atoms with Crippen molar-refractivity contribution in [2.75, 3.05) is 0 Å². The van der Waals surface area contributed by atoms with Crippen LogP contribution in [0.4, 0.5) is 0 Å². The van der Waals surface area contributed by atoms with Crippen LogP contribution < -0.4 is 0 Å². The number of hydrogen-bond donors (Lipinski definition) is 3. The van der Waals surface area contributed by atoms with Gasteiger partial charge in [-0.05, 0) is 105 Å². The molecule has 232 valence electrons. The van der Waals surface area contributed by atoms with Gasteiger partial charge in [0, 0.05) is 19.0 Å². The van der Waals surface area contributed by atoms with E-state index in [9.17, 15) is 15.0 Å². The van der Waals surface area contributed by atoms with Crippen molar-refractivity contribution in [3.63, 3.8) is 0 Å². The van der Waals surface area contributed by atoms with Crippen molar-refractivity contribution in [2.45, 2.75) is 141 Å². The molecule has 1 heterocycles. The lowest BCUT2D eigenvalue weighted by Crippen LogP contribution is -2.37. The molecular formula is C36H54N2O4. The Morgan fingerprint density at radius 2 is 2.00 bits per heavy atom. The zero-order valence-electron chi connectivity index (χ0n) is 26.5. The van der Waals surface area contributed by atoms with Gasteiger partial charge in [-0.25, -0.2) is 4.98 Å². The van der Waals surface area contributed by atoms with E-state index in [0.717, 1.165) is 67.6 Å². The Labute approximate surface area is 253 Å². The minimum Gasteiger partial charge on any atom is -0.461 e. The first-order valence-electron chi connectivity index (χ1n) is 16.8. The molecule has 6 nitrogen and oxygen atoms in total. The molecule has 4 saturated carbocycles. The molecule has 0 aliphatic heterocycles. The molecule has 1 aromatic heterocycles. The number of nitrogens with zero attached hydrogens (tertiary/aromatic N) is 1. The Balaban J connectivity index is 1.28. The average Bonchev–Trinajstić information content (AvgIpc) is 3.49. The van der Waals surface area contributed by atoms with Crippen LogP contribution in [0.15, 0.2) is 41.6 Å². The third-order valence-electron chi connectivity index (χ3n) is 11.4. The van der Waals surface area contributed by atoms with E-state index in [4.69, 9.17) is 9.72 Å². The minimum atomic E-state index is -0.645. The number of carbonyl (C=O) groups excluding carboxylic acids is 1. The minimum absolute atomic E-state index is 0.107. The summed E-state index contributed by atoms with van der Waals surface area (Å²) >= 11 is 0. The second-order valence-corrected chi connectivity index (χ2v) is 14.2. The number of imidazole rings is 1. The van der Waals surface area contributed by atoms with Gasteiger partial charge < -0.3 is 19.9 Å². The van der Waals surface area contributed by atoms with Crippen molar-refractivity contribution in [1.29, 1.82) is 0 Å². The Morgan fingerprint density at radius 1 is 1.21 bits per heavy atom. The maximum absolute atomic E-state index is 12.5. The SMILES string of the molecule is C=C1/C(=C\C=C2/CCC[C@]3(C)[C@@H]([C@H](C)CC[C@H](OC(=O)CC)C4(c5nc(CCC)c[nH]5)CC4)CC[C@@H]23)C[C@@H](O)C[C@@H]1O. The van der Waals surface area contributed by atoms with Crippen molar-refractivity contribution in [1.82, 2.24) is 9.97 Å². The van der Waals surface area contributed by atoms with Crippen LogP contribution in [-0.2, 0) is 21.4 Å². The highest BCUT2D eigenvalue weighted by Gasteiger charge is 2.56. The second-order valence-electron chi connectivity index (χ2n) is 14.2. The van der Waals surface area contributed by atoms with Gasteiger partial charge >= 0.3 is 5.97 Å². The Bertz CT molecular complexity index is 1190. The number of fused-ring (bicyclic) bond motifs is 1. The normalized spacial score (nSPS) is 33.9. The topological polar surface area (TPSA) is 95.4 Å². The van der Waals surface area contributed by atoms with Gasteiger partial charge in [-0.2, -0.15) is 0 Å². The monoisotopic (exact) mass is 578 g/mol. The zero-order chi connectivity index (χ0) is 30.1. The van der Waals surface area contributed by atoms with E-state index in [1.807, 2.05) is 13.1 Å². The summed E-state index contributed by atoms with van der Waals surface area (Å²) < 4.78 is 6.17. The van der Waals surface area contributed by atoms with Crippen molar-refractivity contribution < 1.29 is 19.7 Å². The first-order valence-corrected chi connectivity index (χ1v) is 16.8. The smallest absolute Gasteiger partial charge is 0.305 e. The number of nitrogens with one attached hydrogen (secondary N) is 1. The molecule has 4 fully saturated rings. The molecule has 0 aromatic carbocycles. The lowest BCUT2D eigenvalue weighted by atomic mass is 9.60. The maximum Gasteiger partial charge on any atom is 0.305 e. The number of hydrogen-bond acceptors (Lipinski definition) is 5. The summed E-state index contributed by atoms with van der Waals surface area (Å²) in [5, 5.41) is 20.5. The summed E-state index contributed by atoms with van der Waals surface area (Å²) in [6.07, 6.45) is 18.6. The van der Waals surface area contributed by atoms with Crippen LogP contribution in [0, 0.1) is 23.2 Å². The lowest BCUT2D eigenvalue weighted by molar-refractivity contribution is -0.151. The predicted octanol–water partition coefficient (Wildman–Crippen LogP) is 7.27. The second kappa shape index (κ2) is 12.8. The molecule has 0 radical (unpaired) electrons. The fraction of sp³-hybridized carbons (Fsp3) is 0.722. The first kappa shape index (κ1) is 31.3. The van der Waals surface area contributed by atoms with Crippen LogP contribution in [0.1, 0.15) is 123 Å². The van der Waals surface area contributed by atoms with Gasteiger partial charge in [0.15, 0.2) is 0 Å². The summed E-state index contributed by atoms with van der Waals surface area (Å²) in [5.41, 5.74) is 4.50. The van der Waals surface area contributed by atoms with E-state index in [2.05, 4.69) is 44.5 Å². The van der Waals surface area contributed by atoms with Gasteiger partial charge in [0.1, 0.15) is 11.9 Å². The Morgan fingerprint density at radius 3 is 2.71 bits per heavy atom. The van der Waals surface area contributed by atoms with Crippen LogP contribution >= 0.6 is 0 Å². The summed E-state index contributed by atoms with van der Waals surface area (Å²) in [4.78, 5) is 20.9. The van der Waals surface area contributed by atoms with Crippen molar-refractivity contribution in [3.8, 4) is 0 Å². The zero-order valence-corrected chi connectivity index (χ0v) is 26.5. The molecule has 4 aliphatic rings. The van der Waals surface area contributed by atoms with Gasteiger partial charge in [0.25, 0.3) is 0 Å². The van der Waals surface area contributed by atoms with Gasteiger partial charge in [-0.3, -0.25) is 4.79 Å². The lowest BCUT2D eigenvalue weighted by Gasteiger charge is -2.44. The number of aryl methyl sites for hydroxylation is 1. The summed E-state index contributed by atoms with van der Waals surface area (Å²) in [7, 11) is 0. The molecule has 5 rings (SSSR count). The molecule has 42 heavy (non-hydrogen) atoms. The molecular weight excluding hydrogens is 524 g/mol. The number of rotatable bonds is 11. The number of carbonyl (C=O) groups is 1.